The van der Waals surface area contributed by atoms with Crippen molar-refractivity contribution in [2.24, 2.45) is 0 Å². The Bertz CT molecular complexity index is 594. The first kappa shape index (κ1) is 15.0. The summed E-state index contributed by atoms with van der Waals surface area (Å²) >= 11 is 0. The smallest absolute Gasteiger partial charge is 0.240 e. The van der Waals surface area contributed by atoms with Crippen molar-refractivity contribution < 1.29 is 13.2 Å². The van der Waals surface area contributed by atoms with Gasteiger partial charge in [-0.25, -0.2) is 8.42 Å². The van der Waals surface area contributed by atoms with Crippen LogP contribution in [0.2, 0.25) is 0 Å². The van der Waals surface area contributed by atoms with E-state index in [9.17, 15) is 13.2 Å². The van der Waals surface area contributed by atoms with Crippen LogP contribution < -0.4 is 0 Å². The van der Waals surface area contributed by atoms with Gasteiger partial charge in [-0.15, -0.1) is 0 Å². The molecule has 112 valence electrons. The second kappa shape index (κ2) is 5.55. The van der Waals surface area contributed by atoms with Crippen molar-refractivity contribution in [3.05, 3.63) is 18.0 Å². The predicted octanol–water partition coefficient (Wildman–Crippen LogP) is 0.788. The standard InChI is InChI=1S/C13H21N3O3S/c1-10-7-14-16(8-10)12-5-4-6-15(9-12)13(17)11(2)20(3,18)19/h7-8,11-12H,4-6,9H2,1-3H3. The van der Waals surface area contributed by atoms with E-state index in [0.29, 0.717) is 13.1 Å². The van der Waals surface area contributed by atoms with Crippen LogP contribution in [0.25, 0.3) is 0 Å². The highest BCUT2D eigenvalue weighted by atomic mass is 32.2. The first-order valence-electron chi connectivity index (χ1n) is 6.77. The number of amides is 1. The molecule has 6 nitrogen and oxygen atoms in total. The molecule has 0 bridgehead atoms. The maximum absolute atomic E-state index is 12.2. The lowest BCUT2D eigenvalue weighted by molar-refractivity contribution is -0.132. The van der Waals surface area contributed by atoms with E-state index >= 15 is 0 Å². The van der Waals surface area contributed by atoms with Gasteiger partial charge in [-0.2, -0.15) is 5.10 Å². The van der Waals surface area contributed by atoms with Crippen molar-refractivity contribution in [2.75, 3.05) is 19.3 Å². The second-order valence-corrected chi connectivity index (χ2v) is 7.92. The quantitative estimate of drug-likeness (QED) is 0.827. The van der Waals surface area contributed by atoms with Crippen molar-refractivity contribution in [2.45, 2.75) is 38.0 Å². The largest absolute Gasteiger partial charge is 0.339 e. The third kappa shape index (κ3) is 3.20. The van der Waals surface area contributed by atoms with Gasteiger partial charge in [-0.3, -0.25) is 9.48 Å². The molecule has 1 amide bonds. The summed E-state index contributed by atoms with van der Waals surface area (Å²) < 4.78 is 24.9. The highest BCUT2D eigenvalue weighted by molar-refractivity contribution is 7.92. The van der Waals surface area contributed by atoms with Gasteiger partial charge in [0.05, 0.1) is 12.2 Å². The van der Waals surface area contributed by atoms with Crippen molar-refractivity contribution >= 4 is 15.7 Å². The van der Waals surface area contributed by atoms with Gasteiger partial charge in [-0.05, 0) is 32.3 Å². The van der Waals surface area contributed by atoms with Crippen LogP contribution in [0.4, 0.5) is 0 Å². The molecule has 1 fully saturated rings. The van der Waals surface area contributed by atoms with Gasteiger partial charge in [-0.1, -0.05) is 0 Å². The van der Waals surface area contributed by atoms with Crippen molar-refractivity contribution in [1.82, 2.24) is 14.7 Å². The molecule has 0 saturated carbocycles. The van der Waals surface area contributed by atoms with Gasteiger partial charge in [0.25, 0.3) is 0 Å². The number of likely N-dealkylation sites (tertiary alicyclic amines) is 1. The van der Waals surface area contributed by atoms with E-state index in [1.54, 1.807) is 11.1 Å². The summed E-state index contributed by atoms with van der Waals surface area (Å²) in [5.74, 6) is -0.305. The molecule has 2 heterocycles. The Hall–Kier alpha value is -1.37. The lowest BCUT2D eigenvalue weighted by Crippen LogP contribution is -2.46. The number of carbonyl (C=O) groups is 1. The number of carbonyl (C=O) groups excluding carboxylic acids is 1. The summed E-state index contributed by atoms with van der Waals surface area (Å²) in [7, 11) is -3.34. The van der Waals surface area contributed by atoms with Crippen molar-refractivity contribution in [3.8, 4) is 0 Å². The van der Waals surface area contributed by atoms with Gasteiger partial charge >= 0.3 is 0 Å². The average molecular weight is 299 g/mol. The summed E-state index contributed by atoms with van der Waals surface area (Å²) in [6.07, 6.45) is 6.68. The van der Waals surface area contributed by atoms with Gasteiger partial charge in [0.2, 0.25) is 5.91 Å². The lowest BCUT2D eigenvalue weighted by Gasteiger charge is -2.34. The Balaban J connectivity index is 2.09. The zero-order chi connectivity index (χ0) is 14.9. The van der Waals surface area contributed by atoms with Crippen molar-refractivity contribution in [1.29, 1.82) is 0 Å². The second-order valence-electron chi connectivity index (χ2n) is 5.55. The molecule has 0 spiro atoms. The van der Waals surface area contributed by atoms with Gasteiger partial charge < -0.3 is 4.90 Å². The molecule has 0 radical (unpaired) electrons. The number of aryl methyl sites for hydroxylation is 1. The number of sulfone groups is 1. The SMILES string of the molecule is Cc1cnn(C2CCCN(C(=O)C(C)S(C)(=O)=O)C2)c1. The monoisotopic (exact) mass is 299 g/mol. The molecule has 7 heteroatoms. The van der Waals surface area contributed by atoms with E-state index in [1.807, 2.05) is 17.8 Å². The van der Waals surface area contributed by atoms with Crippen LogP contribution in [0, 0.1) is 6.92 Å². The van der Waals surface area contributed by atoms with E-state index in [1.165, 1.54) is 6.92 Å². The number of hydrogen-bond donors (Lipinski definition) is 0. The minimum absolute atomic E-state index is 0.133. The molecule has 0 aliphatic carbocycles. The lowest BCUT2D eigenvalue weighted by atomic mass is 10.1. The third-order valence-corrected chi connectivity index (χ3v) is 5.29. The average Bonchev–Trinajstić information content (AvgIpc) is 2.83. The fourth-order valence-electron chi connectivity index (χ4n) is 2.44. The Morgan fingerprint density at radius 2 is 2.20 bits per heavy atom. The maximum atomic E-state index is 12.2. The van der Waals surface area contributed by atoms with Gasteiger partial charge in [0, 0.05) is 25.5 Å². The summed E-state index contributed by atoms with van der Waals surface area (Å²) in [6.45, 7) is 4.58. The normalized spacial score (nSPS) is 21.8. The van der Waals surface area contributed by atoms with Crippen molar-refractivity contribution in [3.63, 3.8) is 0 Å². The van der Waals surface area contributed by atoms with E-state index in [2.05, 4.69) is 5.10 Å². The predicted molar refractivity (Wildman–Crippen MR) is 76.1 cm³/mol. The van der Waals surface area contributed by atoms with Crippen LogP contribution in [0.1, 0.15) is 31.4 Å². The number of rotatable bonds is 3. The molecule has 2 rings (SSSR count). The highest BCUT2D eigenvalue weighted by Crippen LogP contribution is 2.22. The molecule has 1 aromatic heterocycles. The number of piperidine rings is 1. The molecule has 0 N–H and O–H groups in total. The molecule has 2 unspecified atom stereocenters. The van der Waals surface area contributed by atoms with Crippen LogP contribution in [0.5, 0.6) is 0 Å². The number of nitrogens with zero attached hydrogens (tertiary/aromatic N) is 3. The summed E-state index contributed by atoms with van der Waals surface area (Å²) in [5, 5.41) is 3.32. The molecular weight excluding hydrogens is 278 g/mol. The Kier molecular flexibility index (Phi) is 4.17. The van der Waals surface area contributed by atoms with Crippen LogP contribution in [-0.2, 0) is 14.6 Å². The summed E-state index contributed by atoms with van der Waals surface area (Å²) in [6, 6.07) is 0.133. The molecular formula is C13H21N3O3S. The topological polar surface area (TPSA) is 72.3 Å². The van der Waals surface area contributed by atoms with Crippen LogP contribution in [0.15, 0.2) is 12.4 Å². The van der Waals surface area contributed by atoms with E-state index in [0.717, 1.165) is 24.7 Å². The van der Waals surface area contributed by atoms with Crippen LogP contribution >= 0.6 is 0 Å². The first-order valence-corrected chi connectivity index (χ1v) is 8.73. The number of hydrogen-bond acceptors (Lipinski definition) is 4. The van der Waals surface area contributed by atoms with E-state index in [4.69, 9.17) is 0 Å². The molecule has 1 aliphatic rings. The van der Waals surface area contributed by atoms with E-state index < -0.39 is 15.1 Å². The Morgan fingerprint density at radius 3 is 2.75 bits per heavy atom. The van der Waals surface area contributed by atoms with Crippen LogP contribution in [-0.4, -0.2) is 53.6 Å². The van der Waals surface area contributed by atoms with E-state index in [-0.39, 0.29) is 11.9 Å². The maximum Gasteiger partial charge on any atom is 0.240 e. The minimum Gasteiger partial charge on any atom is -0.339 e. The minimum atomic E-state index is -3.34. The zero-order valence-electron chi connectivity index (χ0n) is 12.1. The van der Waals surface area contributed by atoms with Gasteiger partial charge in [0.15, 0.2) is 9.84 Å². The molecule has 20 heavy (non-hydrogen) atoms. The molecule has 1 aliphatic heterocycles. The molecule has 1 saturated heterocycles. The number of aromatic nitrogens is 2. The third-order valence-electron chi connectivity index (χ3n) is 3.80. The molecule has 2 atom stereocenters. The first-order chi connectivity index (χ1) is 9.29. The fourth-order valence-corrected chi connectivity index (χ4v) is 2.96. The summed E-state index contributed by atoms with van der Waals surface area (Å²) in [4.78, 5) is 13.9. The summed E-state index contributed by atoms with van der Waals surface area (Å²) in [5.41, 5.74) is 1.08. The Labute approximate surface area is 119 Å². The highest BCUT2D eigenvalue weighted by Gasteiger charge is 2.32. The molecule has 1 aromatic rings. The van der Waals surface area contributed by atoms with Crippen LogP contribution in [0.3, 0.4) is 0 Å². The Morgan fingerprint density at radius 1 is 1.50 bits per heavy atom. The fraction of sp³-hybridized carbons (Fsp3) is 0.692. The molecule has 0 aromatic carbocycles. The van der Waals surface area contributed by atoms with Gasteiger partial charge in [0.1, 0.15) is 5.25 Å². The zero-order valence-corrected chi connectivity index (χ0v) is 12.9.